The maximum absolute atomic E-state index is 9.92. The molecule has 1 heterocycles. The van der Waals surface area contributed by atoms with E-state index in [0.29, 0.717) is 15.8 Å². The van der Waals surface area contributed by atoms with Crippen molar-refractivity contribution in [3.05, 3.63) is 28.2 Å². The van der Waals surface area contributed by atoms with Gasteiger partial charge >= 0.3 is 0 Å². The number of nitrogens with one attached hydrogen (secondary N) is 1. The number of halogens is 2. The van der Waals surface area contributed by atoms with Gasteiger partial charge in [-0.05, 0) is 12.1 Å². The number of likely N-dealkylation sites (tertiary alicyclic amines) is 1. The van der Waals surface area contributed by atoms with E-state index in [0.717, 1.165) is 19.6 Å². The first-order valence-electron chi connectivity index (χ1n) is 6.25. The molecule has 1 atom stereocenters. The summed E-state index contributed by atoms with van der Waals surface area (Å²) in [5, 5.41) is 10.9. The van der Waals surface area contributed by atoms with Crippen LogP contribution in [-0.2, 0) is 0 Å². The summed E-state index contributed by atoms with van der Waals surface area (Å²) in [6, 6.07) is 5.21. The Kier molecular flexibility index (Phi) is 5.13. The van der Waals surface area contributed by atoms with Gasteiger partial charge in [-0.15, -0.1) is 0 Å². The van der Waals surface area contributed by atoms with Crippen LogP contribution in [0, 0.1) is 0 Å². The zero-order valence-corrected chi connectivity index (χ0v) is 11.7. The van der Waals surface area contributed by atoms with Crippen LogP contribution in [0.25, 0.3) is 0 Å². The number of hydrogen-bond donors (Lipinski definition) is 2. The van der Waals surface area contributed by atoms with E-state index >= 15 is 0 Å². The van der Waals surface area contributed by atoms with Gasteiger partial charge in [-0.1, -0.05) is 29.3 Å². The predicted octanol–water partition coefficient (Wildman–Crippen LogP) is 1.41. The average molecular weight is 291 g/mol. The third-order valence-corrected chi connectivity index (χ3v) is 3.77. The van der Waals surface area contributed by atoms with Gasteiger partial charge in [0.1, 0.15) is 19.3 Å². The Morgan fingerprint density at radius 2 is 1.83 bits per heavy atom. The summed E-state index contributed by atoms with van der Waals surface area (Å²) < 4.78 is 5.51. The molecule has 1 fully saturated rings. The molecule has 2 N–H and O–H groups in total. The minimum absolute atomic E-state index is 0.229. The Labute approximate surface area is 117 Å². The van der Waals surface area contributed by atoms with Crippen LogP contribution in [0.2, 0.25) is 10.0 Å². The molecule has 100 valence electrons. The quantitative estimate of drug-likeness (QED) is 0.860. The van der Waals surface area contributed by atoms with Crippen molar-refractivity contribution < 1.29 is 14.7 Å². The van der Waals surface area contributed by atoms with Gasteiger partial charge in [-0.2, -0.15) is 0 Å². The SMILES string of the molecule is O[C@@H](COc1c(Cl)cccc1Cl)C[NH+]1CCCC1. The fourth-order valence-electron chi connectivity index (χ4n) is 2.27. The maximum atomic E-state index is 9.92. The average Bonchev–Trinajstić information content (AvgIpc) is 2.81. The lowest BCUT2D eigenvalue weighted by Gasteiger charge is -2.18. The first-order chi connectivity index (χ1) is 8.66. The first kappa shape index (κ1) is 13.9. The standard InChI is InChI=1S/C13H17Cl2NO2/c14-11-4-3-5-12(15)13(11)18-9-10(17)8-16-6-1-2-7-16/h3-5,10,17H,1-2,6-9H2/p+1/t10-/m1/s1. The van der Waals surface area contributed by atoms with Crippen LogP contribution in [0.4, 0.5) is 0 Å². The molecule has 2 rings (SSSR count). The zero-order valence-electron chi connectivity index (χ0n) is 10.2. The van der Waals surface area contributed by atoms with Crippen LogP contribution in [0.5, 0.6) is 5.75 Å². The van der Waals surface area contributed by atoms with E-state index in [-0.39, 0.29) is 6.61 Å². The van der Waals surface area contributed by atoms with E-state index in [1.54, 1.807) is 18.2 Å². The lowest BCUT2D eigenvalue weighted by Crippen LogP contribution is -3.11. The molecular weight excluding hydrogens is 273 g/mol. The summed E-state index contributed by atoms with van der Waals surface area (Å²) in [6.45, 7) is 3.24. The Morgan fingerprint density at radius 3 is 2.44 bits per heavy atom. The summed E-state index contributed by atoms with van der Waals surface area (Å²) >= 11 is 12.0. The molecule has 5 heteroatoms. The number of aliphatic hydroxyl groups excluding tert-OH is 1. The lowest BCUT2D eigenvalue weighted by atomic mass is 10.3. The molecule has 0 aromatic heterocycles. The second-order valence-electron chi connectivity index (χ2n) is 4.68. The molecule has 0 saturated carbocycles. The summed E-state index contributed by atoms with van der Waals surface area (Å²) in [6.07, 6.45) is 2.02. The predicted molar refractivity (Wildman–Crippen MR) is 72.8 cm³/mol. The smallest absolute Gasteiger partial charge is 0.156 e. The molecule has 1 aromatic rings. The Balaban J connectivity index is 1.83. The Morgan fingerprint density at radius 1 is 1.22 bits per heavy atom. The molecule has 1 aliphatic rings. The largest absolute Gasteiger partial charge is 0.488 e. The number of ether oxygens (including phenoxy) is 1. The normalized spacial score (nSPS) is 17.9. The van der Waals surface area contributed by atoms with Crippen LogP contribution >= 0.6 is 23.2 Å². The topological polar surface area (TPSA) is 33.9 Å². The van der Waals surface area contributed by atoms with E-state index in [9.17, 15) is 5.11 Å². The van der Waals surface area contributed by atoms with E-state index in [1.165, 1.54) is 17.7 Å². The highest BCUT2D eigenvalue weighted by Crippen LogP contribution is 2.32. The fraction of sp³-hybridized carbons (Fsp3) is 0.538. The number of quaternary nitrogens is 1. The molecular formula is C13H18Cl2NO2+. The third kappa shape index (κ3) is 3.75. The van der Waals surface area contributed by atoms with Crippen molar-refractivity contribution in [1.82, 2.24) is 0 Å². The molecule has 0 radical (unpaired) electrons. The van der Waals surface area contributed by atoms with Crippen molar-refractivity contribution in [3.8, 4) is 5.75 Å². The number of para-hydroxylation sites is 1. The molecule has 1 aliphatic heterocycles. The van der Waals surface area contributed by atoms with Crippen LogP contribution in [0.1, 0.15) is 12.8 Å². The van der Waals surface area contributed by atoms with Crippen LogP contribution in [0.3, 0.4) is 0 Å². The van der Waals surface area contributed by atoms with Gasteiger partial charge in [0.05, 0.1) is 23.1 Å². The number of benzene rings is 1. The second-order valence-corrected chi connectivity index (χ2v) is 5.49. The van der Waals surface area contributed by atoms with E-state index in [1.807, 2.05) is 0 Å². The van der Waals surface area contributed by atoms with E-state index in [4.69, 9.17) is 27.9 Å². The molecule has 0 amide bonds. The van der Waals surface area contributed by atoms with Gasteiger partial charge < -0.3 is 14.7 Å². The van der Waals surface area contributed by atoms with Crippen molar-refractivity contribution in [3.63, 3.8) is 0 Å². The number of rotatable bonds is 5. The maximum Gasteiger partial charge on any atom is 0.156 e. The highest BCUT2D eigenvalue weighted by molar-refractivity contribution is 6.37. The van der Waals surface area contributed by atoms with Gasteiger partial charge in [-0.25, -0.2) is 0 Å². The molecule has 0 aliphatic carbocycles. The van der Waals surface area contributed by atoms with E-state index in [2.05, 4.69) is 0 Å². The highest BCUT2D eigenvalue weighted by Gasteiger charge is 2.20. The summed E-state index contributed by atoms with van der Waals surface area (Å²) in [7, 11) is 0. The number of hydrogen-bond acceptors (Lipinski definition) is 2. The second kappa shape index (κ2) is 6.62. The highest BCUT2D eigenvalue weighted by atomic mass is 35.5. The van der Waals surface area contributed by atoms with Crippen molar-refractivity contribution in [2.24, 2.45) is 0 Å². The number of aliphatic hydroxyl groups is 1. The summed E-state index contributed by atoms with van der Waals surface area (Å²) in [4.78, 5) is 1.44. The van der Waals surface area contributed by atoms with Crippen molar-refractivity contribution in [2.45, 2.75) is 18.9 Å². The summed E-state index contributed by atoms with van der Waals surface area (Å²) in [5.74, 6) is 0.455. The molecule has 0 spiro atoms. The van der Waals surface area contributed by atoms with E-state index < -0.39 is 6.10 Å². The Bertz CT molecular complexity index is 374. The summed E-state index contributed by atoms with van der Waals surface area (Å²) in [5.41, 5.74) is 0. The minimum atomic E-state index is -0.481. The zero-order chi connectivity index (χ0) is 13.0. The molecule has 3 nitrogen and oxygen atoms in total. The molecule has 18 heavy (non-hydrogen) atoms. The lowest BCUT2D eigenvalue weighted by molar-refractivity contribution is -0.890. The molecule has 0 bridgehead atoms. The molecule has 0 unspecified atom stereocenters. The van der Waals surface area contributed by atoms with Crippen LogP contribution in [-0.4, -0.2) is 37.5 Å². The van der Waals surface area contributed by atoms with Gasteiger partial charge in [0.15, 0.2) is 5.75 Å². The van der Waals surface area contributed by atoms with Gasteiger partial charge in [-0.3, -0.25) is 0 Å². The third-order valence-electron chi connectivity index (χ3n) is 3.17. The molecule has 1 saturated heterocycles. The van der Waals surface area contributed by atoms with Crippen LogP contribution < -0.4 is 9.64 Å². The van der Waals surface area contributed by atoms with Gasteiger partial charge in [0.25, 0.3) is 0 Å². The minimum Gasteiger partial charge on any atom is -0.488 e. The molecule has 1 aromatic carbocycles. The van der Waals surface area contributed by atoms with Crippen molar-refractivity contribution in [1.29, 1.82) is 0 Å². The monoisotopic (exact) mass is 290 g/mol. The van der Waals surface area contributed by atoms with Crippen molar-refractivity contribution in [2.75, 3.05) is 26.2 Å². The Hall–Kier alpha value is -0.480. The van der Waals surface area contributed by atoms with Gasteiger partial charge in [0, 0.05) is 12.8 Å². The van der Waals surface area contributed by atoms with Crippen molar-refractivity contribution >= 4 is 23.2 Å². The fourth-order valence-corrected chi connectivity index (χ4v) is 2.78. The van der Waals surface area contributed by atoms with Crippen LogP contribution in [0.15, 0.2) is 18.2 Å². The van der Waals surface area contributed by atoms with Gasteiger partial charge in [0.2, 0.25) is 0 Å². The first-order valence-corrected chi connectivity index (χ1v) is 7.01.